The number of halogens is 3. The van der Waals surface area contributed by atoms with Gasteiger partial charge < -0.3 is 5.11 Å². The van der Waals surface area contributed by atoms with Crippen molar-refractivity contribution in [2.45, 2.75) is 25.4 Å². The summed E-state index contributed by atoms with van der Waals surface area (Å²) in [7, 11) is 0. The molecule has 6 heteroatoms. The zero-order chi connectivity index (χ0) is 19.4. The van der Waals surface area contributed by atoms with Gasteiger partial charge in [0.25, 0.3) is 0 Å². The van der Waals surface area contributed by atoms with E-state index in [2.05, 4.69) is 0 Å². The summed E-state index contributed by atoms with van der Waals surface area (Å²) in [5.74, 6) is -0.489. The molecule has 27 heavy (non-hydrogen) atoms. The molecule has 1 aliphatic rings. The molecule has 3 nitrogen and oxygen atoms in total. The average molecular weight is 377 g/mol. The number of carbonyl (C=O) groups is 1. The Balaban J connectivity index is 1.80. The first-order valence-corrected chi connectivity index (χ1v) is 9.02. The first-order chi connectivity index (χ1) is 12.8. The summed E-state index contributed by atoms with van der Waals surface area (Å²) in [4.78, 5) is 12.7. The lowest BCUT2D eigenvalue weighted by atomic mass is 9.86. The van der Waals surface area contributed by atoms with Crippen molar-refractivity contribution in [2.24, 2.45) is 5.92 Å². The number of benzene rings is 2. The van der Waals surface area contributed by atoms with Gasteiger partial charge in [-0.25, -0.2) is 0 Å². The fourth-order valence-electron chi connectivity index (χ4n) is 3.67. The van der Waals surface area contributed by atoms with E-state index in [1.807, 2.05) is 35.2 Å². The Morgan fingerprint density at radius 1 is 1.07 bits per heavy atom. The van der Waals surface area contributed by atoms with Crippen molar-refractivity contribution in [3.8, 4) is 11.1 Å². The van der Waals surface area contributed by atoms with E-state index in [9.17, 15) is 18.0 Å². The van der Waals surface area contributed by atoms with Crippen LogP contribution in [0.5, 0.6) is 0 Å². The zero-order valence-electron chi connectivity index (χ0n) is 14.9. The molecular formula is C21H22F3NO2. The Kier molecular flexibility index (Phi) is 5.85. The third-order valence-electron chi connectivity index (χ3n) is 5.10. The van der Waals surface area contributed by atoms with Gasteiger partial charge in [0.15, 0.2) is 0 Å². The predicted octanol–water partition coefficient (Wildman–Crippen LogP) is 4.71. The maximum Gasteiger partial charge on any atom is 0.416 e. The molecule has 3 rings (SSSR count). The highest BCUT2D eigenvalue weighted by molar-refractivity contribution is 5.69. The molecule has 1 N–H and O–H groups in total. The van der Waals surface area contributed by atoms with Gasteiger partial charge in [0, 0.05) is 0 Å². The first kappa shape index (κ1) is 19.4. The fourth-order valence-corrected chi connectivity index (χ4v) is 3.67. The Morgan fingerprint density at radius 2 is 1.74 bits per heavy atom. The van der Waals surface area contributed by atoms with Crippen LogP contribution >= 0.6 is 0 Å². The zero-order valence-corrected chi connectivity index (χ0v) is 14.9. The molecule has 0 atom stereocenters. The van der Waals surface area contributed by atoms with Crippen LogP contribution in [0.4, 0.5) is 13.2 Å². The topological polar surface area (TPSA) is 40.5 Å². The van der Waals surface area contributed by atoms with Crippen LogP contribution in [0.25, 0.3) is 11.1 Å². The standard InChI is InChI=1S/C21H22F3NO2/c22-21(23,24)18-7-6-17(19(13-18)16-4-2-1-3-5-16)12-15-8-10-25(11-9-15)14-20(26)27/h1-7,13,15H,8-12,14H2,(H,26,27). The molecule has 1 aliphatic heterocycles. The Bertz CT molecular complexity index is 782. The summed E-state index contributed by atoms with van der Waals surface area (Å²) >= 11 is 0. The second-order valence-corrected chi connectivity index (χ2v) is 7.05. The minimum Gasteiger partial charge on any atom is -0.480 e. The molecule has 144 valence electrons. The Labute approximate surface area is 156 Å². The van der Waals surface area contributed by atoms with Crippen LogP contribution in [0, 0.1) is 5.92 Å². The number of alkyl halides is 3. The van der Waals surface area contributed by atoms with Crippen molar-refractivity contribution >= 4 is 5.97 Å². The third-order valence-corrected chi connectivity index (χ3v) is 5.10. The molecule has 2 aromatic carbocycles. The van der Waals surface area contributed by atoms with Crippen LogP contribution in [0.3, 0.4) is 0 Å². The lowest BCUT2D eigenvalue weighted by molar-refractivity contribution is -0.139. The highest BCUT2D eigenvalue weighted by atomic mass is 19.4. The smallest absolute Gasteiger partial charge is 0.416 e. The molecule has 0 aliphatic carbocycles. The largest absolute Gasteiger partial charge is 0.480 e. The third kappa shape index (κ3) is 5.10. The van der Waals surface area contributed by atoms with E-state index >= 15 is 0 Å². The lowest BCUT2D eigenvalue weighted by Gasteiger charge is -2.31. The van der Waals surface area contributed by atoms with Crippen LogP contribution in [-0.2, 0) is 17.4 Å². The van der Waals surface area contributed by atoms with Gasteiger partial charge in [-0.05, 0) is 67.1 Å². The van der Waals surface area contributed by atoms with Crippen molar-refractivity contribution in [3.63, 3.8) is 0 Å². The number of hydrogen-bond acceptors (Lipinski definition) is 2. The molecule has 1 heterocycles. The van der Waals surface area contributed by atoms with Gasteiger partial charge in [0.2, 0.25) is 0 Å². The van der Waals surface area contributed by atoms with Gasteiger partial charge in [0.05, 0.1) is 12.1 Å². The summed E-state index contributed by atoms with van der Waals surface area (Å²) < 4.78 is 39.5. The number of carboxylic acid groups (broad SMARTS) is 1. The highest BCUT2D eigenvalue weighted by Gasteiger charge is 2.31. The maximum absolute atomic E-state index is 13.2. The van der Waals surface area contributed by atoms with Crippen molar-refractivity contribution < 1.29 is 23.1 Å². The van der Waals surface area contributed by atoms with E-state index < -0.39 is 17.7 Å². The van der Waals surface area contributed by atoms with Gasteiger partial charge in [-0.15, -0.1) is 0 Å². The van der Waals surface area contributed by atoms with E-state index in [4.69, 9.17) is 5.11 Å². The summed E-state index contributed by atoms with van der Waals surface area (Å²) in [5.41, 5.74) is 1.67. The van der Waals surface area contributed by atoms with E-state index in [0.29, 0.717) is 31.0 Å². The molecule has 0 bridgehead atoms. The summed E-state index contributed by atoms with van der Waals surface area (Å²) in [6.45, 7) is 1.46. The van der Waals surface area contributed by atoms with Crippen molar-refractivity contribution in [3.05, 3.63) is 59.7 Å². The highest BCUT2D eigenvalue weighted by Crippen LogP contribution is 2.35. The van der Waals surface area contributed by atoms with Crippen LogP contribution in [0.2, 0.25) is 0 Å². The van der Waals surface area contributed by atoms with Crippen LogP contribution in [0.15, 0.2) is 48.5 Å². The number of carboxylic acids is 1. The van der Waals surface area contributed by atoms with E-state index in [0.717, 1.165) is 30.0 Å². The fraction of sp³-hybridized carbons (Fsp3) is 0.381. The van der Waals surface area contributed by atoms with E-state index in [-0.39, 0.29) is 6.54 Å². The van der Waals surface area contributed by atoms with E-state index in [1.54, 1.807) is 6.07 Å². The maximum atomic E-state index is 13.2. The second kappa shape index (κ2) is 8.13. The second-order valence-electron chi connectivity index (χ2n) is 7.05. The number of rotatable bonds is 5. The molecule has 0 saturated carbocycles. The molecule has 0 amide bonds. The summed E-state index contributed by atoms with van der Waals surface area (Å²) in [5, 5.41) is 8.89. The molecule has 0 spiro atoms. The SMILES string of the molecule is O=C(O)CN1CCC(Cc2ccc(C(F)(F)F)cc2-c2ccccc2)CC1. The molecule has 0 radical (unpaired) electrons. The van der Waals surface area contributed by atoms with Crippen molar-refractivity contribution in [1.29, 1.82) is 0 Å². The number of aliphatic carboxylic acids is 1. The Morgan fingerprint density at radius 3 is 2.33 bits per heavy atom. The van der Waals surface area contributed by atoms with Crippen LogP contribution < -0.4 is 0 Å². The lowest BCUT2D eigenvalue weighted by Crippen LogP contribution is -2.37. The number of piperidine rings is 1. The van der Waals surface area contributed by atoms with Gasteiger partial charge in [0.1, 0.15) is 0 Å². The first-order valence-electron chi connectivity index (χ1n) is 9.02. The van der Waals surface area contributed by atoms with E-state index in [1.165, 1.54) is 6.07 Å². The predicted molar refractivity (Wildman–Crippen MR) is 97.4 cm³/mol. The monoisotopic (exact) mass is 377 g/mol. The Hall–Kier alpha value is -2.34. The van der Waals surface area contributed by atoms with Gasteiger partial charge in [-0.1, -0.05) is 36.4 Å². The van der Waals surface area contributed by atoms with Crippen LogP contribution in [0.1, 0.15) is 24.0 Å². The minimum absolute atomic E-state index is 0.0439. The molecule has 1 saturated heterocycles. The average Bonchev–Trinajstić information content (AvgIpc) is 2.63. The minimum atomic E-state index is -4.37. The van der Waals surface area contributed by atoms with Crippen molar-refractivity contribution in [1.82, 2.24) is 4.90 Å². The van der Waals surface area contributed by atoms with Gasteiger partial charge >= 0.3 is 12.1 Å². The quantitative estimate of drug-likeness (QED) is 0.820. The molecule has 2 aromatic rings. The van der Waals surface area contributed by atoms with Gasteiger partial charge in [-0.3, -0.25) is 9.69 Å². The number of likely N-dealkylation sites (tertiary alicyclic amines) is 1. The molecule has 0 unspecified atom stereocenters. The number of hydrogen-bond donors (Lipinski definition) is 1. The molecule has 0 aromatic heterocycles. The van der Waals surface area contributed by atoms with Gasteiger partial charge in [-0.2, -0.15) is 13.2 Å². The van der Waals surface area contributed by atoms with Crippen LogP contribution in [-0.4, -0.2) is 35.6 Å². The summed E-state index contributed by atoms with van der Waals surface area (Å²) in [6.07, 6.45) is -1.97. The molecule has 1 fully saturated rings. The molecular weight excluding hydrogens is 355 g/mol. The summed E-state index contributed by atoms with van der Waals surface area (Å²) in [6, 6.07) is 13.1. The van der Waals surface area contributed by atoms with Crippen molar-refractivity contribution in [2.75, 3.05) is 19.6 Å². The normalized spacial score (nSPS) is 16.4. The number of nitrogens with zero attached hydrogens (tertiary/aromatic N) is 1.